The van der Waals surface area contributed by atoms with Crippen molar-refractivity contribution in [3.05, 3.63) is 76.5 Å². The Hall–Kier alpha value is -3.81. The minimum absolute atomic E-state index is 0.00914. The van der Waals surface area contributed by atoms with Crippen molar-refractivity contribution in [1.29, 1.82) is 0 Å². The van der Waals surface area contributed by atoms with E-state index in [2.05, 4.69) is 5.32 Å². The van der Waals surface area contributed by atoms with Crippen LogP contribution in [0.3, 0.4) is 0 Å². The average molecular weight is 382 g/mol. The molecule has 0 unspecified atom stereocenters. The van der Waals surface area contributed by atoms with Crippen molar-refractivity contribution >= 4 is 11.6 Å². The van der Waals surface area contributed by atoms with Gasteiger partial charge in [-0.25, -0.2) is 0 Å². The van der Waals surface area contributed by atoms with Gasteiger partial charge in [0.15, 0.2) is 5.76 Å². The minimum Gasteiger partial charge on any atom is -0.497 e. The predicted octanol–water partition coefficient (Wildman–Crippen LogP) is 3.67. The first-order chi connectivity index (χ1) is 13.6. The largest absolute Gasteiger partial charge is 0.497 e. The molecule has 0 aliphatic carbocycles. The second-order valence-electron chi connectivity index (χ2n) is 5.75. The maximum atomic E-state index is 12.2. The van der Waals surface area contributed by atoms with E-state index in [4.69, 9.17) is 13.9 Å². The van der Waals surface area contributed by atoms with Gasteiger partial charge in [-0.1, -0.05) is 0 Å². The zero-order valence-electron chi connectivity index (χ0n) is 15.1. The summed E-state index contributed by atoms with van der Waals surface area (Å²) in [6, 6.07) is 16.2. The van der Waals surface area contributed by atoms with Gasteiger partial charge in [0, 0.05) is 17.7 Å². The summed E-state index contributed by atoms with van der Waals surface area (Å²) in [4.78, 5) is 22.4. The van der Waals surface area contributed by atoms with Crippen LogP contribution in [0, 0.1) is 10.1 Å². The van der Waals surface area contributed by atoms with E-state index >= 15 is 0 Å². The molecule has 3 aromatic rings. The van der Waals surface area contributed by atoms with Crippen molar-refractivity contribution in [2.75, 3.05) is 20.3 Å². The molecule has 0 bridgehead atoms. The SMILES string of the molecule is COc1ccc(OCCNC(=O)c2ccc(-c3ccc([N+](=O)[O-])cc3)o2)cc1. The highest BCUT2D eigenvalue weighted by molar-refractivity contribution is 5.92. The average Bonchev–Trinajstić information content (AvgIpc) is 3.22. The number of furan rings is 1. The Morgan fingerprint density at radius 1 is 1.04 bits per heavy atom. The van der Waals surface area contributed by atoms with Gasteiger partial charge in [0.05, 0.1) is 18.6 Å². The van der Waals surface area contributed by atoms with Gasteiger partial charge in [0.25, 0.3) is 11.6 Å². The summed E-state index contributed by atoms with van der Waals surface area (Å²) in [5.41, 5.74) is 0.637. The molecule has 1 heterocycles. The number of carbonyl (C=O) groups is 1. The van der Waals surface area contributed by atoms with Crippen molar-refractivity contribution in [3.8, 4) is 22.8 Å². The first-order valence-electron chi connectivity index (χ1n) is 8.46. The number of carbonyl (C=O) groups excluding carboxylic acids is 1. The van der Waals surface area contributed by atoms with E-state index in [1.807, 2.05) is 0 Å². The number of ether oxygens (including phenoxy) is 2. The molecule has 2 aromatic carbocycles. The standard InChI is InChI=1S/C20H18N2O6/c1-26-16-6-8-17(9-7-16)27-13-12-21-20(23)19-11-10-18(28-19)14-2-4-15(5-3-14)22(24)25/h2-11H,12-13H2,1H3,(H,21,23). The van der Waals surface area contributed by atoms with Crippen LogP contribution in [-0.2, 0) is 0 Å². The molecule has 3 rings (SSSR count). The number of benzene rings is 2. The Morgan fingerprint density at radius 2 is 1.71 bits per heavy atom. The quantitative estimate of drug-likeness (QED) is 0.362. The number of rotatable bonds is 8. The highest BCUT2D eigenvalue weighted by Crippen LogP contribution is 2.24. The molecule has 0 atom stereocenters. The third-order valence-corrected chi connectivity index (χ3v) is 3.91. The Labute approximate surface area is 160 Å². The van der Waals surface area contributed by atoms with E-state index in [0.717, 1.165) is 5.75 Å². The number of hydrogen-bond donors (Lipinski definition) is 1. The van der Waals surface area contributed by atoms with Crippen molar-refractivity contribution in [2.24, 2.45) is 0 Å². The van der Waals surface area contributed by atoms with Gasteiger partial charge >= 0.3 is 0 Å². The summed E-state index contributed by atoms with van der Waals surface area (Å²) in [6.07, 6.45) is 0. The smallest absolute Gasteiger partial charge is 0.287 e. The number of nitrogens with one attached hydrogen (secondary N) is 1. The topological polar surface area (TPSA) is 104 Å². The maximum absolute atomic E-state index is 12.2. The van der Waals surface area contributed by atoms with Crippen LogP contribution in [-0.4, -0.2) is 31.1 Å². The summed E-state index contributed by atoms with van der Waals surface area (Å²) in [6.45, 7) is 0.604. The van der Waals surface area contributed by atoms with Crippen LogP contribution in [0.1, 0.15) is 10.6 Å². The number of amides is 1. The van der Waals surface area contributed by atoms with E-state index in [-0.39, 0.29) is 17.4 Å². The molecule has 0 spiro atoms. The van der Waals surface area contributed by atoms with Gasteiger partial charge in [-0.05, 0) is 48.5 Å². The number of nitro benzene ring substituents is 1. The molecule has 0 saturated carbocycles. The number of nitro groups is 1. The number of hydrogen-bond acceptors (Lipinski definition) is 6. The molecular weight excluding hydrogens is 364 g/mol. The summed E-state index contributed by atoms with van der Waals surface area (Å²) in [7, 11) is 1.59. The van der Waals surface area contributed by atoms with Crippen LogP contribution >= 0.6 is 0 Å². The van der Waals surface area contributed by atoms with Crippen molar-refractivity contribution < 1.29 is 23.6 Å². The van der Waals surface area contributed by atoms with Gasteiger partial charge in [0.1, 0.15) is 23.9 Å². The van der Waals surface area contributed by atoms with Gasteiger partial charge < -0.3 is 19.2 Å². The first kappa shape index (κ1) is 19.0. The van der Waals surface area contributed by atoms with Gasteiger partial charge in [-0.3, -0.25) is 14.9 Å². The van der Waals surface area contributed by atoms with Crippen LogP contribution in [0.4, 0.5) is 5.69 Å². The van der Waals surface area contributed by atoms with E-state index in [0.29, 0.717) is 30.2 Å². The number of methoxy groups -OCH3 is 1. The zero-order chi connectivity index (χ0) is 19.9. The van der Waals surface area contributed by atoms with Gasteiger partial charge in [-0.2, -0.15) is 0 Å². The van der Waals surface area contributed by atoms with Gasteiger partial charge in [0.2, 0.25) is 0 Å². The van der Waals surface area contributed by atoms with Gasteiger partial charge in [-0.15, -0.1) is 0 Å². The molecule has 28 heavy (non-hydrogen) atoms. The molecule has 1 amide bonds. The van der Waals surface area contributed by atoms with E-state index in [1.165, 1.54) is 12.1 Å². The Bertz CT molecular complexity index is 948. The van der Waals surface area contributed by atoms with E-state index in [9.17, 15) is 14.9 Å². The van der Waals surface area contributed by atoms with Crippen LogP contribution in [0.5, 0.6) is 11.5 Å². The Balaban J connectivity index is 1.50. The van der Waals surface area contributed by atoms with E-state index < -0.39 is 4.92 Å². The van der Waals surface area contributed by atoms with Crippen molar-refractivity contribution in [2.45, 2.75) is 0 Å². The lowest BCUT2D eigenvalue weighted by atomic mass is 10.1. The summed E-state index contributed by atoms with van der Waals surface area (Å²) >= 11 is 0. The lowest BCUT2D eigenvalue weighted by molar-refractivity contribution is -0.384. The lowest BCUT2D eigenvalue weighted by Gasteiger charge is -2.07. The Morgan fingerprint density at radius 3 is 2.36 bits per heavy atom. The molecule has 8 nitrogen and oxygen atoms in total. The highest BCUT2D eigenvalue weighted by atomic mass is 16.6. The lowest BCUT2D eigenvalue weighted by Crippen LogP contribution is -2.27. The van der Waals surface area contributed by atoms with Crippen LogP contribution in [0.25, 0.3) is 11.3 Å². The molecule has 144 valence electrons. The monoisotopic (exact) mass is 382 g/mol. The number of non-ortho nitro benzene ring substituents is 1. The molecule has 0 saturated heterocycles. The predicted molar refractivity (Wildman–Crippen MR) is 102 cm³/mol. The molecular formula is C20H18N2O6. The molecule has 0 radical (unpaired) electrons. The van der Waals surface area contributed by atoms with Crippen LogP contribution < -0.4 is 14.8 Å². The zero-order valence-corrected chi connectivity index (χ0v) is 15.1. The summed E-state index contributed by atoms with van der Waals surface area (Å²) < 4.78 is 16.1. The third kappa shape index (κ3) is 4.67. The molecule has 0 fully saturated rings. The fraction of sp³-hybridized carbons (Fsp3) is 0.150. The van der Waals surface area contributed by atoms with E-state index in [1.54, 1.807) is 55.6 Å². The molecule has 0 aliphatic rings. The maximum Gasteiger partial charge on any atom is 0.287 e. The van der Waals surface area contributed by atoms with Crippen molar-refractivity contribution in [1.82, 2.24) is 5.32 Å². The minimum atomic E-state index is -0.473. The molecule has 1 N–H and O–H groups in total. The molecule has 8 heteroatoms. The summed E-state index contributed by atoms with van der Waals surface area (Å²) in [5.74, 6) is 1.65. The second-order valence-corrected chi connectivity index (χ2v) is 5.75. The highest BCUT2D eigenvalue weighted by Gasteiger charge is 2.13. The first-order valence-corrected chi connectivity index (χ1v) is 8.46. The summed E-state index contributed by atoms with van der Waals surface area (Å²) in [5, 5.41) is 13.4. The Kier molecular flexibility index (Phi) is 5.91. The second kappa shape index (κ2) is 8.72. The normalized spacial score (nSPS) is 10.3. The van der Waals surface area contributed by atoms with Crippen LogP contribution in [0.2, 0.25) is 0 Å². The third-order valence-electron chi connectivity index (χ3n) is 3.91. The van der Waals surface area contributed by atoms with Crippen molar-refractivity contribution in [3.63, 3.8) is 0 Å². The molecule has 1 aromatic heterocycles. The fourth-order valence-electron chi connectivity index (χ4n) is 2.45. The molecule has 0 aliphatic heterocycles. The van der Waals surface area contributed by atoms with Crippen LogP contribution in [0.15, 0.2) is 65.1 Å². The number of nitrogens with zero attached hydrogens (tertiary/aromatic N) is 1. The fourth-order valence-corrected chi connectivity index (χ4v) is 2.45.